The SMILES string of the molecule is CCC(C)OC(=O)/C=C/c1ccc(OC)cc1. The van der Waals surface area contributed by atoms with Crippen LogP contribution >= 0.6 is 0 Å². The first-order valence-electron chi connectivity index (χ1n) is 5.68. The van der Waals surface area contributed by atoms with Crippen LogP contribution in [0, 0.1) is 0 Å². The van der Waals surface area contributed by atoms with Gasteiger partial charge in [-0.3, -0.25) is 0 Å². The van der Waals surface area contributed by atoms with Gasteiger partial charge in [0, 0.05) is 6.08 Å². The second-order valence-corrected chi connectivity index (χ2v) is 3.76. The lowest BCUT2D eigenvalue weighted by Gasteiger charge is -2.07. The van der Waals surface area contributed by atoms with Crippen molar-refractivity contribution < 1.29 is 14.3 Å². The third-order valence-corrected chi connectivity index (χ3v) is 2.42. The maximum atomic E-state index is 11.4. The van der Waals surface area contributed by atoms with E-state index in [4.69, 9.17) is 9.47 Å². The van der Waals surface area contributed by atoms with E-state index in [1.54, 1.807) is 13.2 Å². The van der Waals surface area contributed by atoms with Crippen LogP contribution in [0.3, 0.4) is 0 Å². The van der Waals surface area contributed by atoms with Crippen LogP contribution < -0.4 is 4.74 Å². The molecule has 0 saturated carbocycles. The minimum Gasteiger partial charge on any atom is -0.497 e. The molecule has 0 saturated heterocycles. The summed E-state index contributed by atoms with van der Waals surface area (Å²) in [6.07, 6.45) is 3.95. The number of rotatable bonds is 5. The Morgan fingerprint density at radius 1 is 1.35 bits per heavy atom. The quantitative estimate of drug-likeness (QED) is 0.580. The molecule has 0 aliphatic rings. The fourth-order valence-corrected chi connectivity index (χ4v) is 1.20. The number of ether oxygens (including phenoxy) is 2. The van der Waals surface area contributed by atoms with Crippen molar-refractivity contribution in [2.75, 3.05) is 7.11 Å². The molecule has 1 aromatic carbocycles. The topological polar surface area (TPSA) is 35.5 Å². The zero-order valence-corrected chi connectivity index (χ0v) is 10.5. The first kappa shape index (κ1) is 13.3. The summed E-state index contributed by atoms with van der Waals surface area (Å²) in [5, 5.41) is 0. The monoisotopic (exact) mass is 234 g/mol. The minimum atomic E-state index is -0.310. The largest absolute Gasteiger partial charge is 0.497 e. The number of carbonyl (C=O) groups is 1. The van der Waals surface area contributed by atoms with E-state index in [-0.39, 0.29) is 12.1 Å². The van der Waals surface area contributed by atoms with Gasteiger partial charge in [0.2, 0.25) is 0 Å². The van der Waals surface area contributed by atoms with Crippen molar-refractivity contribution in [3.63, 3.8) is 0 Å². The van der Waals surface area contributed by atoms with E-state index in [1.165, 1.54) is 6.08 Å². The number of hydrogen-bond donors (Lipinski definition) is 0. The molecule has 0 radical (unpaired) electrons. The lowest BCUT2D eigenvalue weighted by Crippen LogP contribution is -2.11. The van der Waals surface area contributed by atoms with Gasteiger partial charge in [-0.25, -0.2) is 4.79 Å². The van der Waals surface area contributed by atoms with Gasteiger partial charge in [-0.2, -0.15) is 0 Å². The van der Waals surface area contributed by atoms with Crippen molar-refractivity contribution in [1.29, 1.82) is 0 Å². The van der Waals surface area contributed by atoms with Crippen molar-refractivity contribution in [1.82, 2.24) is 0 Å². The Bertz CT molecular complexity index is 379. The molecular formula is C14H18O3. The maximum absolute atomic E-state index is 11.4. The van der Waals surface area contributed by atoms with E-state index >= 15 is 0 Å². The van der Waals surface area contributed by atoms with Gasteiger partial charge >= 0.3 is 5.97 Å². The summed E-state index contributed by atoms with van der Waals surface area (Å²) in [6, 6.07) is 7.46. The molecule has 0 aromatic heterocycles. The number of esters is 1. The van der Waals surface area contributed by atoms with Gasteiger partial charge < -0.3 is 9.47 Å². The van der Waals surface area contributed by atoms with Crippen molar-refractivity contribution in [3.05, 3.63) is 35.9 Å². The van der Waals surface area contributed by atoms with Crippen LogP contribution in [-0.2, 0) is 9.53 Å². The fraction of sp³-hybridized carbons (Fsp3) is 0.357. The summed E-state index contributed by atoms with van der Waals surface area (Å²) in [6.45, 7) is 3.85. The average molecular weight is 234 g/mol. The molecule has 92 valence electrons. The zero-order valence-electron chi connectivity index (χ0n) is 10.5. The van der Waals surface area contributed by atoms with Crippen LogP contribution in [0.5, 0.6) is 5.75 Å². The van der Waals surface area contributed by atoms with Gasteiger partial charge in [-0.05, 0) is 37.1 Å². The molecule has 0 N–H and O–H groups in total. The molecule has 0 fully saturated rings. The van der Waals surface area contributed by atoms with E-state index in [0.29, 0.717) is 0 Å². The molecule has 1 unspecified atom stereocenters. The molecule has 3 heteroatoms. The highest BCUT2D eigenvalue weighted by Gasteiger charge is 2.03. The minimum absolute atomic E-state index is 0.0389. The smallest absolute Gasteiger partial charge is 0.331 e. The molecule has 1 aromatic rings. The van der Waals surface area contributed by atoms with E-state index in [9.17, 15) is 4.79 Å². The van der Waals surface area contributed by atoms with Crippen molar-refractivity contribution in [2.45, 2.75) is 26.4 Å². The van der Waals surface area contributed by atoms with Gasteiger partial charge in [0.25, 0.3) is 0 Å². The van der Waals surface area contributed by atoms with Gasteiger partial charge in [0.05, 0.1) is 13.2 Å². The number of hydrogen-bond acceptors (Lipinski definition) is 3. The molecule has 0 aliphatic carbocycles. The normalized spacial score (nSPS) is 12.4. The van der Waals surface area contributed by atoms with Gasteiger partial charge in [0.1, 0.15) is 5.75 Å². The molecule has 3 nitrogen and oxygen atoms in total. The second-order valence-electron chi connectivity index (χ2n) is 3.76. The zero-order chi connectivity index (χ0) is 12.7. The summed E-state index contributed by atoms with van der Waals surface area (Å²) >= 11 is 0. The van der Waals surface area contributed by atoms with E-state index in [0.717, 1.165) is 17.7 Å². The summed E-state index contributed by atoms with van der Waals surface area (Å²) in [4.78, 5) is 11.4. The molecule has 1 atom stereocenters. The molecule has 0 heterocycles. The van der Waals surface area contributed by atoms with Crippen LogP contribution in [0.1, 0.15) is 25.8 Å². The van der Waals surface area contributed by atoms with Crippen LogP contribution in [0.25, 0.3) is 6.08 Å². The van der Waals surface area contributed by atoms with Gasteiger partial charge in [-0.15, -0.1) is 0 Å². The summed E-state index contributed by atoms with van der Waals surface area (Å²) < 4.78 is 10.2. The van der Waals surface area contributed by atoms with E-state index < -0.39 is 0 Å². The van der Waals surface area contributed by atoms with Crippen LogP contribution in [0.4, 0.5) is 0 Å². The maximum Gasteiger partial charge on any atom is 0.331 e. The Morgan fingerprint density at radius 2 is 2.00 bits per heavy atom. The van der Waals surface area contributed by atoms with Crippen molar-refractivity contribution in [2.24, 2.45) is 0 Å². The summed E-state index contributed by atoms with van der Waals surface area (Å²) in [5.74, 6) is 0.486. The van der Waals surface area contributed by atoms with E-state index in [1.807, 2.05) is 38.1 Å². The van der Waals surface area contributed by atoms with Gasteiger partial charge in [0.15, 0.2) is 0 Å². The first-order chi connectivity index (χ1) is 8.15. The Hall–Kier alpha value is -1.77. The highest BCUT2D eigenvalue weighted by molar-refractivity contribution is 5.87. The van der Waals surface area contributed by atoms with Gasteiger partial charge in [-0.1, -0.05) is 19.1 Å². The van der Waals surface area contributed by atoms with Crippen LogP contribution in [0.2, 0.25) is 0 Å². The lowest BCUT2D eigenvalue weighted by molar-refractivity contribution is -0.142. The molecule has 1 rings (SSSR count). The highest BCUT2D eigenvalue weighted by Crippen LogP contribution is 2.12. The first-order valence-corrected chi connectivity index (χ1v) is 5.68. The number of benzene rings is 1. The number of methoxy groups -OCH3 is 1. The molecule has 0 spiro atoms. The number of carbonyl (C=O) groups excluding carboxylic acids is 1. The van der Waals surface area contributed by atoms with Crippen LogP contribution in [0.15, 0.2) is 30.3 Å². The van der Waals surface area contributed by atoms with Crippen LogP contribution in [-0.4, -0.2) is 19.2 Å². The third-order valence-electron chi connectivity index (χ3n) is 2.42. The standard InChI is InChI=1S/C14H18O3/c1-4-11(2)17-14(15)10-7-12-5-8-13(16-3)9-6-12/h5-11H,4H2,1-3H3/b10-7+. The average Bonchev–Trinajstić information content (AvgIpc) is 2.36. The summed E-state index contributed by atoms with van der Waals surface area (Å²) in [7, 11) is 1.62. The molecule has 0 aliphatic heterocycles. The third kappa shape index (κ3) is 4.72. The van der Waals surface area contributed by atoms with E-state index in [2.05, 4.69) is 0 Å². The van der Waals surface area contributed by atoms with Crippen molar-refractivity contribution in [3.8, 4) is 5.75 Å². The molecule has 0 bridgehead atoms. The molecule has 17 heavy (non-hydrogen) atoms. The Morgan fingerprint density at radius 3 is 2.53 bits per heavy atom. The fourth-order valence-electron chi connectivity index (χ4n) is 1.20. The molecule has 0 amide bonds. The summed E-state index contributed by atoms with van der Waals surface area (Å²) in [5.41, 5.74) is 0.937. The Labute approximate surface area is 102 Å². The second kappa shape index (κ2) is 6.74. The lowest BCUT2D eigenvalue weighted by atomic mass is 10.2. The predicted octanol–water partition coefficient (Wildman–Crippen LogP) is 3.05. The Kier molecular flexibility index (Phi) is 5.27. The molecular weight excluding hydrogens is 216 g/mol. The predicted molar refractivity (Wildman–Crippen MR) is 67.9 cm³/mol. The Balaban J connectivity index is 2.54. The highest BCUT2D eigenvalue weighted by atomic mass is 16.5. The van der Waals surface area contributed by atoms with Crippen molar-refractivity contribution >= 4 is 12.0 Å².